The van der Waals surface area contributed by atoms with Crippen LogP contribution in [0, 0.1) is 0 Å². The van der Waals surface area contributed by atoms with E-state index in [0.29, 0.717) is 11.2 Å². The molecule has 0 atom stereocenters. The van der Waals surface area contributed by atoms with Crippen LogP contribution < -0.4 is 16.4 Å². The molecule has 3 rings (SSSR count). The molecule has 116 valence electrons. The van der Waals surface area contributed by atoms with Gasteiger partial charge >= 0.3 is 0 Å². The Morgan fingerprint density at radius 3 is 2.57 bits per heavy atom. The Kier molecular flexibility index (Phi) is 4.11. The second kappa shape index (κ2) is 6.37. The summed E-state index contributed by atoms with van der Waals surface area (Å²) in [5.74, 6) is -0.713. The van der Waals surface area contributed by atoms with Gasteiger partial charge in [0.1, 0.15) is 0 Å². The lowest BCUT2D eigenvalue weighted by atomic mass is 10.1. The van der Waals surface area contributed by atoms with E-state index in [1.54, 1.807) is 18.5 Å². The highest BCUT2D eigenvalue weighted by molar-refractivity contribution is 6.12. The molecule has 2 amide bonds. The Balaban J connectivity index is 1.96. The predicted octanol–water partition coefficient (Wildman–Crippen LogP) is 0.796. The maximum Gasteiger partial charge on any atom is 0.243 e. The van der Waals surface area contributed by atoms with Gasteiger partial charge in [-0.3, -0.25) is 19.6 Å². The molecule has 2 aromatic heterocycles. The van der Waals surface area contributed by atoms with E-state index in [0.717, 1.165) is 16.3 Å². The van der Waals surface area contributed by atoms with Gasteiger partial charge in [0.05, 0.1) is 29.8 Å². The highest BCUT2D eigenvalue weighted by Gasteiger charge is 2.11. The lowest BCUT2D eigenvalue weighted by Gasteiger charge is -2.11. The number of anilines is 1. The number of amides is 2. The van der Waals surface area contributed by atoms with E-state index in [-0.39, 0.29) is 24.9 Å². The van der Waals surface area contributed by atoms with Crippen LogP contribution in [0.5, 0.6) is 0 Å². The Morgan fingerprint density at radius 2 is 1.78 bits per heavy atom. The maximum absolute atomic E-state index is 12.0. The molecule has 0 saturated heterocycles. The number of hydrogen-bond acceptors (Lipinski definition) is 5. The molecule has 3 aromatic rings. The SMILES string of the molecule is NCC(=O)NCC(=O)Nc1cc2cccnc2c2ncccc12. The molecule has 0 aliphatic rings. The molecule has 1 aromatic carbocycles. The largest absolute Gasteiger partial charge is 0.346 e. The van der Waals surface area contributed by atoms with Gasteiger partial charge in [0.15, 0.2) is 0 Å². The Labute approximate surface area is 131 Å². The van der Waals surface area contributed by atoms with Crippen LogP contribution in [0.2, 0.25) is 0 Å². The van der Waals surface area contributed by atoms with Gasteiger partial charge in [-0.2, -0.15) is 0 Å². The van der Waals surface area contributed by atoms with E-state index in [2.05, 4.69) is 20.6 Å². The number of aromatic nitrogens is 2. The van der Waals surface area contributed by atoms with Crippen LogP contribution >= 0.6 is 0 Å². The van der Waals surface area contributed by atoms with Gasteiger partial charge in [-0.05, 0) is 24.3 Å². The molecule has 0 aliphatic heterocycles. The summed E-state index contributed by atoms with van der Waals surface area (Å²) in [4.78, 5) is 31.9. The van der Waals surface area contributed by atoms with Crippen molar-refractivity contribution in [2.75, 3.05) is 18.4 Å². The van der Waals surface area contributed by atoms with Crippen LogP contribution in [0.4, 0.5) is 5.69 Å². The fourth-order valence-electron chi connectivity index (χ4n) is 2.33. The summed E-state index contributed by atoms with van der Waals surface area (Å²) < 4.78 is 0. The smallest absolute Gasteiger partial charge is 0.243 e. The summed E-state index contributed by atoms with van der Waals surface area (Å²) >= 11 is 0. The van der Waals surface area contributed by atoms with Gasteiger partial charge in [0.2, 0.25) is 11.8 Å². The Bertz CT molecular complexity index is 894. The van der Waals surface area contributed by atoms with Crippen molar-refractivity contribution in [2.24, 2.45) is 5.73 Å². The minimum atomic E-state index is -0.380. The molecule has 0 unspecified atom stereocenters. The van der Waals surface area contributed by atoms with E-state index >= 15 is 0 Å². The van der Waals surface area contributed by atoms with Crippen LogP contribution in [-0.4, -0.2) is 34.9 Å². The normalized spacial score (nSPS) is 10.7. The molecule has 0 radical (unpaired) electrons. The molecule has 7 heteroatoms. The van der Waals surface area contributed by atoms with Crippen LogP contribution in [0.3, 0.4) is 0 Å². The van der Waals surface area contributed by atoms with Crippen molar-refractivity contribution in [2.45, 2.75) is 0 Å². The fraction of sp³-hybridized carbons (Fsp3) is 0.125. The first-order valence-corrected chi connectivity index (χ1v) is 7.08. The zero-order chi connectivity index (χ0) is 16.2. The number of nitrogens with two attached hydrogens (primary N) is 1. The van der Waals surface area contributed by atoms with E-state index in [4.69, 9.17) is 5.73 Å². The zero-order valence-corrected chi connectivity index (χ0v) is 12.2. The Morgan fingerprint density at radius 1 is 1.04 bits per heavy atom. The average Bonchev–Trinajstić information content (AvgIpc) is 2.60. The molecule has 4 N–H and O–H groups in total. The van der Waals surface area contributed by atoms with Gasteiger partial charge in [-0.25, -0.2) is 0 Å². The first-order chi connectivity index (χ1) is 11.2. The van der Waals surface area contributed by atoms with E-state index in [9.17, 15) is 9.59 Å². The summed E-state index contributed by atoms with van der Waals surface area (Å²) in [5.41, 5.74) is 7.30. The van der Waals surface area contributed by atoms with Crippen LogP contribution in [0.15, 0.2) is 42.7 Å². The number of nitrogens with zero attached hydrogens (tertiary/aromatic N) is 2. The van der Waals surface area contributed by atoms with Gasteiger partial charge in [-0.1, -0.05) is 6.07 Å². The summed E-state index contributed by atoms with van der Waals surface area (Å²) in [6.07, 6.45) is 3.39. The minimum Gasteiger partial charge on any atom is -0.346 e. The van der Waals surface area contributed by atoms with Gasteiger partial charge in [0.25, 0.3) is 0 Å². The molecule has 0 fully saturated rings. The fourth-order valence-corrected chi connectivity index (χ4v) is 2.33. The third kappa shape index (κ3) is 3.09. The van der Waals surface area contributed by atoms with Crippen LogP contribution in [0.25, 0.3) is 21.8 Å². The highest BCUT2D eigenvalue weighted by atomic mass is 16.2. The maximum atomic E-state index is 12.0. The molecular formula is C16H15N5O2. The second-order valence-corrected chi connectivity index (χ2v) is 4.93. The standard InChI is InChI=1S/C16H15N5O2/c17-8-13(22)20-9-14(23)21-12-7-10-3-1-5-18-15(10)16-11(12)4-2-6-19-16/h1-7H,8-9,17H2,(H,20,22)(H,21,23). The minimum absolute atomic E-state index is 0.136. The molecule has 0 spiro atoms. The van der Waals surface area contributed by atoms with Crippen molar-refractivity contribution in [3.8, 4) is 0 Å². The third-order valence-corrected chi connectivity index (χ3v) is 3.37. The molecular weight excluding hydrogens is 294 g/mol. The first-order valence-electron chi connectivity index (χ1n) is 7.08. The molecule has 2 heterocycles. The molecule has 0 bridgehead atoms. The average molecular weight is 309 g/mol. The topological polar surface area (TPSA) is 110 Å². The number of carbonyl (C=O) groups excluding carboxylic acids is 2. The number of carbonyl (C=O) groups is 2. The number of hydrogen-bond donors (Lipinski definition) is 3. The van der Waals surface area contributed by atoms with Gasteiger partial charge < -0.3 is 16.4 Å². The molecule has 7 nitrogen and oxygen atoms in total. The summed E-state index contributed by atoms with van der Waals surface area (Å²) in [6.45, 7) is -0.287. The monoisotopic (exact) mass is 309 g/mol. The van der Waals surface area contributed by atoms with E-state index < -0.39 is 0 Å². The quantitative estimate of drug-likeness (QED) is 0.617. The molecule has 23 heavy (non-hydrogen) atoms. The first kappa shape index (κ1) is 14.9. The van der Waals surface area contributed by atoms with Gasteiger partial charge in [-0.15, -0.1) is 0 Å². The number of rotatable bonds is 4. The summed E-state index contributed by atoms with van der Waals surface area (Å²) in [6, 6.07) is 9.23. The number of fused-ring (bicyclic) bond motifs is 3. The summed E-state index contributed by atoms with van der Waals surface area (Å²) in [7, 11) is 0. The lowest BCUT2D eigenvalue weighted by molar-refractivity contribution is -0.123. The summed E-state index contributed by atoms with van der Waals surface area (Å²) in [5, 5.41) is 6.89. The predicted molar refractivity (Wildman–Crippen MR) is 87.7 cm³/mol. The van der Waals surface area contributed by atoms with Crippen molar-refractivity contribution in [3.05, 3.63) is 42.7 Å². The van der Waals surface area contributed by atoms with Crippen LogP contribution in [-0.2, 0) is 9.59 Å². The van der Waals surface area contributed by atoms with Crippen molar-refractivity contribution < 1.29 is 9.59 Å². The molecule has 0 saturated carbocycles. The lowest BCUT2D eigenvalue weighted by Crippen LogP contribution is -2.36. The van der Waals surface area contributed by atoms with E-state index in [1.807, 2.05) is 24.3 Å². The number of benzene rings is 1. The van der Waals surface area contributed by atoms with E-state index in [1.165, 1.54) is 0 Å². The third-order valence-electron chi connectivity index (χ3n) is 3.37. The molecule has 0 aliphatic carbocycles. The van der Waals surface area contributed by atoms with Crippen molar-refractivity contribution in [1.82, 2.24) is 15.3 Å². The van der Waals surface area contributed by atoms with Crippen molar-refractivity contribution in [1.29, 1.82) is 0 Å². The van der Waals surface area contributed by atoms with Gasteiger partial charge in [0, 0.05) is 23.2 Å². The van der Waals surface area contributed by atoms with Crippen LogP contribution in [0.1, 0.15) is 0 Å². The second-order valence-electron chi connectivity index (χ2n) is 4.93. The Hall–Kier alpha value is -3.06. The highest BCUT2D eigenvalue weighted by Crippen LogP contribution is 2.29. The van der Waals surface area contributed by atoms with Crippen molar-refractivity contribution in [3.63, 3.8) is 0 Å². The van der Waals surface area contributed by atoms with Crippen molar-refractivity contribution >= 4 is 39.3 Å². The number of pyridine rings is 2. The number of nitrogens with one attached hydrogen (secondary N) is 2. The zero-order valence-electron chi connectivity index (χ0n) is 12.2.